The maximum absolute atomic E-state index is 6.22. The number of pyridine rings is 1. The van der Waals surface area contributed by atoms with Crippen LogP contribution in [0.15, 0.2) is 91.1 Å². The Bertz CT molecular complexity index is 1410. The molecule has 0 N–H and O–H groups in total. The van der Waals surface area contributed by atoms with Crippen LogP contribution < -0.4 is 14.2 Å². The average Bonchev–Trinajstić information content (AvgIpc) is 3.24. The SMILES string of the molecule is c1ccc(Oc2ccccc2-c2nc3cccnc3n2-c2ccc3c(c2)OCCO3)cc1. The first-order valence-corrected chi connectivity index (χ1v) is 10.4. The quantitative estimate of drug-likeness (QED) is 0.375. The number of rotatable bonds is 4. The summed E-state index contributed by atoms with van der Waals surface area (Å²) < 4.78 is 19.8. The van der Waals surface area contributed by atoms with Gasteiger partial charge in [0.05, 0.1) is 11.3 Å². The van der Waals surface area contributed by atoms with Crippen LogP contribution in [-0.2, 0) is 0 Å². The lowest BCUT2D eigenvalue weighted by Crippen LogP contribution is -2.15. The molecule has 156 valence electrons. The van der Waals surface area contributed by atoms with Crippen molar-refractivity contribution in [2.75, 3.05) is 13.2 Å². The Hall–Kier alpha value is -4.32. The van der Waals surface area contributed by atoms with Crippen molar-refractivity contribution in [2.24, 2.45) is 0 Å². The fraction of sp³-hybridized carbons (Fsp3) is 0.0769. The van der Waals surface area contributed by atoms with Gasteiger partial charge in [0.15, 0.2) is 23.0 Å². The highest BCUT2D eigenvalue weighted by Gasteiger charge is 2.20. The number of benzene rings is 3. The molecule has 6 nitrogen and oxygen atoms in total. The van der Waals surface area contributed by atoms with Crippen molar-refractivity contribution >= 4 is 11.2 Å². The number of nitrogens with zero attached hydrogens (tertiary/aromatic N) is 3. The van der Waals surface area contributed by atoms with Gasteiger partial charge < -0.3 is 14.2 Å². The normalized spacial score (nSPS) is 12.6. The number of hydrogen-bond donors (Lipinski definition) is 0. The first-order valence-electron chi connectivity index (χ1n) is 10.4. The molecule has 0 atom stereocenters. The van der Waals surface area contributed by atoms with Gasteiger partial charge in [-0.3, -0.25) is 4.57 Å². The highest BCUT2D eigenvalue weighted by molar-refractivity contribution is 5.82. The molecule has 3 aromatic carbocycles. The average molecular weight is 421 g/mol. The summed E-state index contributed by atoms with van der Waals surface area (Å²) in [7, 11) is 0. The molecule has 6 heteroatoms. The van der Waals surface area contributed by atoms with Crippen LogP contribution in [0.25, 0.3) is 28.2 Å². The van der Waals surface area contributed by atoms with Crippen molar-refractivity contribution < 1.29 is 14.2 Å². The second kappa shape index (κ2) is 7.74. The Morgan fingerprint density at radius 3 is 2.50 bits per heavy atom. The van der Waals surface area contributed by atoms with Crippen molar-refractivity contribution in [2.45, 2.75) is 0 Å². The fourth-order valence-corrected chi connectivity index (χ4v) is 3.86. The molecular formula is C26H19N3O3. The second-order valence-corrected chi connectivity index (χ2v) is 7.36. The molecule has 32 heavy (non-hydrogen) atoms. The van der Waals surface area contributed by atoms with Crippen LogP contribution in [0.1, 0.15) is 0 Å². The van der Waals surface area contributed by atoms with Crippen LogP contribution in [0.5, 0.6) is 23.0 Å². The molecule has 1 aliphatic heterocycles. The van der Waals surface area contributed by atoms with E-state index in [1.165, 1.54) is 0 Å². The van der Waals surface area contributed by atoms with E-state index in [1.54, 1.807) is 6.20 Å². The molecular weight excluding hydrogens is 402 g/mol. The van der Waals surface area contributed by atoms with Crippen LogP contribution in [-0.4, -0.2) is 27.7 Å². The van der Waals surface area contributed by atoms with E-state index in [1.807, 2.05) is 89.5 Å². The van der Waals surface area contributed by atoms with E-state index in [4.69, 9.17) is 19.2 Å². The third-order valence-electron chi connectivity index (χ3n) is 5.30. The lowest BCUT2D eigenvalue weighted by Gasteiger charge is -2.20. The maximum atomic E-state index is 6.22. The Morgan fingerprint density at radius 1 is 0.781 bits per heavy atom. The first-order chi connectivity index (χ1) is 15.9. The summed E-state index contributed by atoms with van der Waals surface area (Å²) in [4.78, 5) is 9.54. The topological polar surface area (TPSA) is 58.4 Å². The number of imidazole rings is 1. The largest absolute Gasteiger partial charge is 0.486 e. The third-order valence-corrected chi connectivity index (χ3v) is 5.30. The molecule has 3 heterocycles. The smallest absolute Gasteiger partial charge is 0.164 e. The molecule has 0 saturated carbocycles. The van der Waals surface area contributed by atoms with Gasteiger partial charge in [0.1, 0.15) is 30.2 Å². The van der Waals surface area contributed by atoms with Crippen molar-refractivity contribution in [1.82, 2.24) is 14.5 Å². The monoisotopic (exact) mass is 421 g/mol. The Kier molecular flexibility index (Phi) is 4.46. The summed E-state index contributed by atoms with van der Waals surface area (Å²) in [5, 5.41) is 0. The van der Waals surface area contributed by atoms with E-state index in [9.17, 15) is 0 Å². The molecule has 5 aromatic rings. The van der Waals surface area contributed by atoms with Gasteiger partial charge in [-0.2, -0.15) is 0 Å². The molecule has 0 aliphatic carbocycles. The number of para-hydroxylation sites is 2. The second-order valence-electron chi connectivity index (χ2n) is 7.36. The molecule has 1 aliphatic rings. The maximum Gasteiger partial charge on any atom is 0.164 e. The third kappa shape index (κ3) is 3.22. The number of hydrogen-bond acceptors (Lipinski definition) is 5. The van der Waals surface area contributed by atoms with Crippen molar-refractivity contribution in [3.63, 3.8) is 0 Å². The highest BCUT2D eigenvalue weighted by Crippen LogP contribution is 2.38. The Morgan fingerprint density at radius 2 is 1.59 bits per heavy atom. The van der Waals surface area contributed by atoms with Gasteiger partial charge in [0.25, 0.3) is 0 Å². The Labute approximate surface area is 184 Å². The van der Waals surface area contributed by atoms with Gasteiger partial charge in [-0.05, 0) is 48.5 Å². The van der Waals surface area contributed by atoms with Crippen LogP contribution in [0.2, 0.25) is 0 Å². The number of aromatic nitrogens is 3. The summed E-state index contributed by atoms with van der Waals surface area (Å²) >= 11 is 0. The highest BCUT2D eigenvalue weighted by atomic mass is 16.6. The van der Waals surface area contributed by atoms with E-state index >= 15 is 0 Å². The van der Waals surface area contributed by atoms with Crippen molar-refractivity contribution in [3.8, 4) is 40.1 Å². The molecule has 0 saturated heterocycles. The summed E-state index contributed by atoms with van der Waals surface area (Å²) in [5.41, 5.74) is 3.31. The molecule has 0 fully saturated rings. The Balaban J connectivity index is 1.55. The molecule has 0 amide bonds. The zero-order valence-electron chi connectivity index (χ0n) is 17.1. The van der Waals surface area contributed by atoms with E-state index in [-0.39, 0.29) is 0 Å². The van der Waals surface area contributed by atoms with E-state index < -0.39 is 0 Å². The van der Waals surface area contributed by atoms with Gasteiger partial charge in [-0.1, -0.05) is 30.3 Å². The lowest BCUT2D eigenvalue weighted by atomic mass is 10.1. The van der Waals surface area contributed by atoms with Crippen molar-refractivity contribution in [1.29, 1.82) is 0 Å². The molecule has 0 radical (unpaired) electrons. The first kappa shape index (κ1) is 18.4. The summed E-state index contributed by atoms with van der Waals surface area (Å²) in [5.74, 6) is 3.67. The predicted molar refractivity (Wildman–Crippen MR) is 122 cm³/mol. The minimum Gasteiger partial charge on any atom is -0.486 e. The summed E-state index contributed by atoms with van der Waals surface area (Å²) in [6.07, 6.45) is 1.77. The summed E-state index contributed by atoms with van der Waals surface area (Å²) in [6.45, 7) is 1.08. The van der Waals surface area contributed by atoms with Crippen LogP contribution in [0, 0.1) is 0 Å². The van der Waals surface area contributed by atoms with E-state index in [0.29, 0.717) is 24.7 Å². The molecule has 2 aromatic heterocycles. The van der Waals surface area contributed by atoms with Crippen LogP contribution >= 0.6 is 0 Å². The zero-order valence-corrected chi connectivity index (χ0v) is 17.1. The minimum absolute atomic E-state index is 0.528. The van der Waals surface area contributed by atoms with Crippen molar-refractivity contribution in [3.05, 3.63) is 91.1 Å². The van der Waals surface area contributed by atoms with Gasteiger partial charge in [-0.25, -0.2) is 9.97 Å². The molecule has 0 spiro atoms. The van der Waals surface area contributed by atoms with E-state index in [0.717, 1.165) is 39.7 Å². The van der Waals surface area contributed by atoms with Crippen LogP contribution in [0.3, 0.4) is 0 Å². The predicted octanol–water partition coefficient (Wildman–Crippen LogP) is 5.65. The van der Waals surface area contributed by atoms with Gasteiger partial charge >= 0.3 is 0 Å². The van der Waals surface area contributed by atoms with Gasteiger partial charge in [0.2, 0.25) is 0 Å². The fourth-order valence-electron chi connectivity index (χ4n) is 3.86. The minimum atomic E-state index is 0.528. The molecule has 0 bridgehead atoms. The standard InChI is InChI=1S/C26H19N3O3/c1-2-7-19(8-3-1)32-22-11-5-4-9-20(22)25-28-21-10-6-14-27-26(21)29(25)18-12-13-23-24(17-18)31-16-15-30-23/h1-14,17H,15-16H2. The lowest BCUT2D eigenvalue weighted by molar-refractivity contribution is 0.171. The molecule has 0 unspecified atom stereocenters. The number of fused-ring (bicyclic) bond motifs is 2. The molecule has 6 rings (SSSR count). The zero-order chi connectivity index (χ0) is 21.3. The van der Waals surface area contributed by atoms with Gasteiger partial charge in [-0.15, -0.1) is 0 Å². The van der Waals surface area contributed by atoms with Gasteiger partial charge in [0, 0.05) is 12.3 Å². The summed E-state index contributed by atoms with van der Waals surface area (Å²) in [6, 6.07) is 27.4. The van der Waals surface area contributed by atoms with Crippen LogP contribution in [0.4, 0.5) is 0 Å². The number of ether oxygens (including phenoxy) is 3. The van der Waals surface area contributed by atoms with E-state index in [2.05, 4.69) is 4.98 Å².